The van der Waals surface area contributed by atoms with Crippen molar-refractivity contribution in [2.45, 2.75) is 56.8 Å². The zero-order chi connectivity index (χ0) is 21.9. The van der Waals surface area contributed by atoms with Gasteiger partial charge in [0.2, 0.25) is 0 Å². The van der Waals surface area contributed by atoms with Crippen LogP contribution < -0.4 is 4.74 Å². The molecule has 3 aromatic rings. The molecule has 0 saturated heterocycles. The molecule has 2 aliphatic carbocycles. The number of thioether (sulfide) groups is 1. The molecule has 4 atom stereocenters. The average Bonchev–Trinajstić information content (AvgIpc) is 3.55. The van der Waals surface area contributed by atoms with Crippen LogP contribution in [0.4, 0.5) is 4.39 Å². The summed E-state index contributed by atoms with van der Waals surface area (Å²) in [6, 6.07) is 12.8. The van der Waals surface area contributed by atoms with Crippen LogP contribution >= 0.6 is 11.8 Å². The molecule has 2 aromatic heterocycles. The number of pyridine rings is 1. The Morgan fingerprint density at radius 1 is 1.12 bits per heavy atom. The van der Waals surface area contributed by atoms with Gasteiger partial charge in [-0.3, -0.25) is 9.55 Å². The number of fused-ring (bicyclic) bond motifs is 2. The predicted octanol–water partition coefficient (Wildman–Crippen LogP) is 5.72. The molecule has 168 valence electrons. The molecule has 0 radical (unpaired) electrons. The van der Waals surface area contributed by atoms with Crippen LogP contribution in [0.15, 0.2) is 53.8 Å². The van der Waals surface area contributed by atoms with Crippen molar-refractivity contribution in [3.63, 3.8) is 0 Å². The molecule has 0 N–H and O–H groups in total. The van der Waals surface area contributed by atoms with E-state index in [0.29, 0.717) is 12.0 Å². The maximum absolute atomic E-state index is 14.1. The van der Waals surface area contributed by atoms with Crippen molar-refractivity contribution in [3.05, 3.63) is 66.0 Å². The predicted molar refractivity (Wildman–Crippen MR) is 123 cm³/mol. The van der Waals surface area contributed by atoms with Crippen molar-refractivity contribution in [2.75, 3.05) is 5.75 Å². The van der Waals surface area contributed by atoms with Gasteiger partial charge in [0, 0.05) is 23.7 Å². The highest BCUT2D eigenvalue weighted by Gasteiger charge is 2.43. The SMILES string of the molecule is CC(C1CC2CCC1C2)n1c(COc2ccccc2F)nnc1SCCc1ccccn1. The van der Waals surface area contributed by atoms with Crippen molar-refractivity contribution in [1.29, 1.82) is 0 Å². The zero-order valence-corrected chi connectivity index (χ0v) is 19.2. The number of aromatic nitrogens is 4. The summed E-state index contributed by atoms with van der Waals surface area (Å²) in [5.74, 6) is 3.86. The minimum absolute atomic E-state index is 0.208. The van der Waals surface area contributed by atoms with E-state index in [4.69, 9.17) is 4.74 Å². The van der Waals surface area contributed by atoms with Gasteiger partial charge in [-0.2, -0.15) is 0 Å². The third-order valence-corrected chi connectivity index (χ3v) is 8.01. The molecule has 0 spiro atoms. The number of aryl methyl sites for hydroxylation is 1. The highest BCUT2D eigenvalue weighted by molar-refractivity contribution is 7.99. The summed E-state index contributed by atoms with van der Waals surface area (Å²) < 4.78 is 22.1. The fourth-order valence-corrected chi connectivity index (χ4v) is 6.49. The van der Waals surface area contributed by atoms with Crippen LogP contribution in [0.1, 0.15) is 50.2 Å². The van der Waals surface area contributed by atoms with Crippen molar-refractivity contribution >= 4 is 11.8 Å². The molecule has 2 aliphatic rings. The first-order valence-corrected chi connectivity index (χ1v) is 12.5. The Labute approximate surface area is 192 Å². The normalized spacial score (nSPS) is 22.9. The number of nitrogens with zero attached hydrogens (tertiary/aromatic N) is 4. The first kappa shape index (κ1) is 21.4. The summed E-state index contributed by atoms with van der Waals surface area (Å²) in [7, 11) is 0. The smallest absolute Gasteiger partial charge is 0.191 e. The van der Waals surface area contributed by atoms with Gasteiger partial charge < -0.3 is 4.74 Å². The maximum atomic E-state index is 14.1. The van der Waals surface area contributed by atoms with Gasteiger partial charge in [-0.1, -0.05) is 36.4 Å². The van der Waals surface area contributed by atoms with Crippen LogP contribution in [0.5, 0.6) is 5.75 Å². The second-order valence-electron chi connectivity index (χ2n) is 8.99. The number of hydrogen-bond donors (Lipinski definition) is 0. The Hall–Kier alpha value is -2.41. The number of halogens is 1. The lowest BCUT2D eigenvalue weighted by Gasteiger charge is -2.30. The largest absolute Gasteiger partial charge is 0.483 e. The Morgan fingerprint density at radius 3 is 2.75 bits per heavy atom. The highest BCUT2D eigenvalue weighted by Crippen LogP contribution is 2.52. The number of benzene rings is 1. The van der Waals surface area contributed by atoms with E-state index in [-0.39, 0.29) is 18.2 Å². The van der Waals surface area contributed by atoms with Crippen LogP contribution in [-0.2, 0) is 13.0 Å². The van der Waals surface area contributed by atoms with E-state index in [1.54, 1.807) is 30.0 Å². The summed E-state index contributed by atoms with van der Waals surface area (Å²) in [6.45, 7) is 2.50. The minimum Gasteiger partial charge on any atom is -0.483 e. The Balaban J connectivity index is 1.34. The number of hydrogen-bond acceptors (Lipinski definition) is 5. The summed E-state index contributed by atoms with van der Waals surface area (Å²) in [4.78, 5) is 4.42. The van der Waals surface area contributed by atoms with Crippen LogP contribution in [0, 0.1) is 23.6 Å². The van der Waals surface area contributed by atoms with E-state index in [0.717, 1.165) is 40.7 Å². The monoisotopic (exact) mass is 452 g/mol. The average molecular weight is 453 g/mol. The van der Waals surface area contributed by atoms with Crippen LogP contribution in [0.2, 0.25) is 0 Å². The second kappa shape index (κ2) is 9.61. The number of para-hydroxylation sites is 1. The molecule has 1 aromatic carbocycles. The van der Waals surface area contributed by atoms with Gasteiger partial charge >= 0.3 is 0 Å². The third kappa shape index (κ3) is 4.53. The molecule has 2 fully saturated rings. The van der Waals surface area contributed by atoms with Crippen molar-refractivity contribution < 1.29 is 9.13 Å². The summed E-state index contributed by atoms with van der Waals surface area (Å²) in [6.07, 6.45) is 8.08. The van der Waals surface area contributed by atoms with Gasteiger partial charge in [-0.15, -0.1) is 10.2 Å². The lowest BCUT2D eigenvalue weighted by molar-refractivity contribution is 0.215. The quantitative estimate of drug-likeness (QED) is 0.389. The van der Waals surface area contributed by atoms with Crippen molar-refractivity contribution in [3.8, 4) is 5.75 Å². The second-order valence-corrected chi connectivity index (χ2v) is 10.0. The Morgan fingerprint density at radius 2 is 2.00 bits per heavy atom. The number of rotatable bonds is 9. The molecule has 2 saturated carbocycles. The van der Waals surface area contributed by atoms with E-state index in [9.17, 15) is 4.39 Å². The lowest BCUT2D eigenvalue weighted by atomic mass is 9.84. The van der Waals surface area contributed by atoms with Crippen LogP contribution in [0.3, 0.4) is 0 Å². The lowest BCUT2D eigenvalue weighted by Crippen LogP contribution is -2.24. The van der Waals surface area contributed by atoms with Gasteiger partial charge in [-0.05, 0) is 74.6 Å². The van der Waals surface area contributed by atoms with Gasteiger partial charge in [0.1, 0.15) is 6.61 Å². The Kier molecular flexibility index (Phi) is 6.44. The zero-order valence-electron chi connectivity index (χ0n) is 18.4. The molecular formula is C25H29FN4OS. The molecule has 2 bridgehead atoms. The fourth-order valence-electron chi connectivity index (χ4n) is 5.49. The minimum atomic E-state index is -0.357. The van der Waals surface area contributed by atoms with Gasteiger partial charge in [-0.25, -0.2) is 4.39 Å². The van der Waals surface area contributed by atoms with E-state index in [2.05, 4.69) is 32.7 Å². The summed E-state index contributed by atoms with van der Waals surface area (Å²) >= 11 is 1.71. The first-order chi connectivity index (χ1) is 15.7. The molecule has 7 heteroatoms. The fraction of sp³-hybridized carbons (Fsp3) is 0.480. The molecule has 4 unspecified atom stereocenters. The summed E-state index contributed by atoms with van der Waals surface area (Å²) in [5, 5.41) is 9.91. The van der Waals surface area contributed by atoms with Crippen LogP contribution in [-0.4, -0.2) is 25.5 Å². The van der Waals surface area contributed by atoms with E-state index in [1.807, 2.05) is 18.3 Å². The van der Waals surface area contributed by atoms with Crippen molar-refractivity contribution in [1.82, 2.24) is 19.7 Å². The van der Waals surface area contributed by atoms with Crippen LogP contribution in [0.25, 0.3) is 0 Å². The number of ether oxygens (including phenoxy) is 1. The molecule has 2 heterocycles. The third-order valence-electron chi connectivity index (χ3n) is 7.06. The van der Waals surface area contributed by atoms with E-state index < -0.39 is 0 Å². The maximum Gasteiger partial charge on any atom is 0.191 e. The Bertz CT molecular complexity index is 1040. The molecule has 5 nitrogen and oxygen atoms in total. The molecule has 5 rings (SSSR count). The highest BCUT2D eigenvalue weighted by atomic mass is 32.2. The first-order valence-electron chi connectivity index (χ1n) is 11.5. The molecule has 0 aliphatic heterocycles. The molecular weight excluding hydrogens is 423 g/mol. The van der Waals surface area contributed by atoms with Gasteiger partial charge in [0.05, 0.1) is 0 Å². The van der Waals surface area contributed by atoms with E-state index in [1.165, 1.54) is 31.7 Å². The van der Waals surface area contributed by atoms with Gasteiger partial charge in [0.25, 0.3) is 0 Å². The summed E-state index contributed by atoms with van der Waals surface area (Å²) in [5.41, 5.74) is 1.08. The van der Waals surface area contributed by atoms with E-state index >= 15 is 0 Å². The van der Waals surface area contributed by atoms with Gasteiger partial charge in [0.15, 0.2) is 22.5 Å². The molecule has 32 heavy (non-hydrogen) atoms. The standard InChI is InChI=1S/C25H29FN4OS/c1-17(21-15-18-9-10-19(21)14-18)30-24(16-31-23-8-3-2-7-22(23)26)28-29-25(30)32-13-11-20-6-4-5-12-27-20/h2-8,12,17-19,21H,9-11,13-16H2,1H3. The molecule has 0 amide bonds. The topological polar surface area (TPSA) is 52.8 Å². The van der Waals surface area contributed by atoms with Crippen molar-refractivity contribution in [2.24, 2.45) is 17.8 Å².